The number of nitrogens with zero attached hydrogens (tertiary/aromatic N) is 1. The number of benzene rings is 1. The molecule has 0 aliphatic carbocycles. The fourth-order valence-corrected chi connectivity index (χ4v) is 3.69. The summed E-state index contributed by atoms with van der Waals surface area (Å²) in [5, 5.41) is 0. The van der Waals surface area contributed by atoms with Crippen molar-refractivity contribution in [2.45, 2.75) is 6.61 Å². The highest BCUT2D eigenvalue weighted by molar-refractivity contribution is 14.1. The fourth-order valence-electron chi connectivity index (χ4n) is 1.51. The van der Waals surface area contributed by atoms with Crippen LogP contribution >= 0.6 is 45.2 Å². The van der Waals surface area contributed by atoms with Crippen LogP contribution in [0.1, 0.15) is 5.56 Å². The zero-order valence-electron chi connectivity index (χ0n) is 9.69. The summed E-state index contributed by atoms with van der Waals surface area (Å²) in [6.07, 6.45) is 1.78. The Labute approximate surface area is 132 Å². The molecule has 94 valence electrons. The molecule has 0 aliphatic heterocycles. The summed E-state index contributed by atoms with van der Waals surface area (Å²) in [5.41, 5.74) is 1.06. The molecule has 2 rings (SSSR count). The number of hydrogen-bond acceptors (Lipinski definition) is 2. The summed E-state index contributed by atoms with van der Waals surface area (Å²) in [5.74, 6) is 0.670. The zero-order valence-corrected chi connectivity index (χ0v) is 14.0. The summed E-state index contributed by atoms with van der Waals surface area (Å²) in [6.45, 7) is 0.472. The van der Waals surface area contributed by atoms with Gasteiger partial charge in [0, 0.05) is 13.2 Å². The minimum atomic E-state index is -0.0286. The molecule has 1 aromatic heterocycles. The first-order chi connectivity index (χ1) is 8.59. The third-order valence-electron chi connectivity index (χ3n) is 2.46. The van der Waals surface area contributed by atoms with Crippen molar-refractivity contribution in [3.8, 4) is 5.75 Å². The first-order valence-electron chi connectivity index (χ1n) is 5.31. The van der Waals surface area contributed by atoms with Gasteiger partial charge in [0.15, 0.2) is 5.75 Å². The summed E-state index contributed by atoms with van der Waals surface area (Å²) in [6, 6.07) is 9.91. The molecule has 5 heteroatoms. The van der Waals surface area contributed by atoms with E-state index in [2.05, 4.69) is 22.6 Å². The molecule has 0 N–H and O–H groups in total. The largest absolute Gasteiger partial charge is 0.486 e. The fraction of sp³-hybridized carbons (Fsp3) is 0.154. The Kier molecular flexibility index (Phi) is 4.66. The van der Waals surface area contributed by atoms with Crippen LogP contribution in [0.15, 0.2) is 41.3 Å². The molecule has 0 amide bonds. The van der Waals surface area contributed by atoms with Gasteiger partial charge < -0.3 is 9.30 Å². The van der Waals surface area contributed by atoms with Gasteiger partial charge in [-0.25, -0.2) is 0 Å². The smallest absolute Gasteiger partial charge is 0.267 e. The van der Waals surface area contributed by atoms with E-state index in [0.29, 0.717) is 15.9 Å². The van der Waals surface area contributed by atoms with Crippen molar-refractivity contribution in [2.75, 3.05) is 0 Å². The number of ether oxygens (including phenoxy) is 1. The van der Waals surface area contributed by atoms with E-state index in [1.165, 1.54) is 0 Å². The van der Waals surface area contributed by atoms with Crippen LogP contribution in [-0.2, 0) is 13.7 Å². The second-order valence-electron chi connectivity index (χ2n) is 3.81. The molecule has 2 aromatic rings. The van der Waals surface area contributed by atoms with Gasteiger partial charge >= 0.3 is 0 Å². The predicted octanol–water partition coefficient (Wildman–Crippen LogP) is 3.17. The van der Waals surface area contributed by atoms with Crippen molar-refractivity contribution in [3.63, 3.8) is 0 Å². The lowest BCUT2D eigenvalue weighted by molar-refractivity contribution is 0.300. The molecule has 0 radical (unpaired) electrons. The highest BCUT2D eigenvalue weighted by Crippen LogP contribution is 2.25. The first kappa shape index (κ1) is 13.9. The molecule has 0 unspecified atom stereocenters. The molecule has 0 atom stereocenters. The maximum atomic E-state index is 11.8. The highest BCUT2D eigenvalue weighted by atomic mass is 127. The number of halogens is 2. The van der Waals surface area contributed by atoms with Crippen LogP contribution in [0.2, 0.25) is 0 Å². The molecular weight excluding hydrogens is 456 g/mol. The molecule has 0 aliphatic rings. The van der Waals surface area contributed by atoms with Gasteiger partial charge in [0.05, 0.1) is 3.57 Å². The second kappa shape index (κ2) is 6.05. The summed E-state index contributed by atoms with van der Waals surface area (Å²) in [7, 11) is 1.74. The topological polar surface area (TPSA) is 31.2 Å². The monoisotopic (exact) mass is 467 g/mol. The van der Waals surface area contributed by atoms with Crippen molar-refractivity contribution in [3.05, 3.63) is 59.6 Å². The van der Waals surface area contributed by atoms with Crippen LogP contribution in [0.3, 0.4) is 0 Å². The van der Waals surface area contributed by atoms with Crippen LogP contribution in [0.4, 0.5) is 0 Å². The highest BCUT2D eigenvalue weighted by Gasteiger charge is 2.12. The van der Waals surface area contributed by atoms with Crippen LogP contribution in [0.5, 0.6) is 5.75 Å². The zero-order chi connectivity index (χ0) is 13.1. The number of rotatable bonds is 3. The number of aromatic nitrogens is 1. The van der Waals surface area contributed by atoms with E-state index in [1.54, 1.807) is 17.8 Å². The Bertz CT molecular complexity index is 608. The van der Waals surface area contributed by atoms with Gasteiger partial charge in [-0.3, -0.25) is 4.79 Å². The van der Waals surface area contributed by atoms with Gasteiger partial charge in [0.1, 0.15) is 10.2 Å². The normalized spacial score (nSPS) is 10.4. The minimum Gasteiger partial charge on any atom is -0.486 e. The Morgan fingerprint density at radius 3 is 2.56 bits per heavy atom. The molecule has 0 fully saturated rings. The Morgan fingerprint density at radius 2 is 1.89 bits per heavy atom. The summed E-state index contributed by atoms with van der Waals surface area (Å²) < 4.78 is 8.89. The van der Waals surface area contributed by atoms with E-state index in [1.807, 2.05) is 52.9 Å². The maximum Gasteiger partial charge on any atom is 0.267 e. The molecule has 3 nitrogen and oxygen atoms in total. The predicted molar refractivity (Wildman–Crippen MR) is 87.9 cm³/mol. The second-order valence-corrected chi connectivity index (χ2v) is 6.05. The van der Waals surface area contributed by atoms with E-state index < -0.39 is 0 Å². The van der Waals surface area contributed by atoms with Crippen LogP contribution in [-0.4, -0.2) is 4.57 Å². The standard InChI is InChI=1S/C13H11I2NO2/c1-16-7-10(14)12(11(15)13(16)17)18-8-9-5-3-2-4-6-9/h2-7H,8H2,1H3. The van der Waals surface area contributed by atoms with Gasteiger partial charge in [-0.15, -0.1) is 0 Å². The van der Waals surface area contributed by atoms with Crippen molar-refractivity contribution in [2.24, 2.45) is 7.05 Å². The quantitative estimate of drug-likeness (QED) is 0.650. The first-order valence-corrected chi connectivity index (χ1v) is 7.46. The van der Waals surface area contributed by atoms with E-state index in [-0.39, 0.29) is 5.56 Å². The molecule has 18 heavy (non-hydrogen) atoms. The average Bonchev–Trinajstić information content (AvgIpc) is 2.37. The van der Waals surface area contributed by atoms with Crippen molar-refractivity contribution in [1.29, 1.82) is 0 Å². The number of pyridine rings is 1. The lowest BCUT2D eigenvalue weighted by Gasteiger charge is -2.11. The van der Waals surface area contributed by atoms with Gasteiger partial charge in [-0.05, 0) is 50.7 Å². The summed E-state index contributed by atoms with van der Waals surface area (Å²) in [4.78, 5) is 11.8. The van der Waals surface area contributed by atoms with Gasteiger partial charge in [0.25, 0.3) is 5.56 Å². The molecule has 0 spiro atoms. The van der Waals surface area contributed by atoms with Gasteiger partial charge in [-0.2, -0.15) is 0 Å². The number of hydrogen-bond donors (Lipinski definition) is 0. The van der Waals surface area contributed by atoms with Crippen molar-refractivity contribution < 1.29 is 4.74 Å². The van der Waals surface area contributed by atoms with Crippen molar-refractivity contribution in [1.82, 2.24) is 4.57 Å². The van der Waals surface area contributed by atoms with Gasteiger partial charge in [0.2, 0.25) is 0 Å². The minimum absolute atomic E-state index is 0.0286. The molecule has 0 saturated heterocycles. The summed E-state index contributed by atoms with van der Waals surface area (Å²) >= 11 is 4.22. The van der Waals surface area contributed by atoms with Crippen LogP contribution in [0, 0.1) is 7.14 Å². The van der Waals surface area contributed by atoms with Gasteiger partial charge in [-0.1, -0.05) is 30.3 Å². The lowest BCUT2D eigenvalue weighted by atomic mass is 10.2. The van der Waals surface area contributed by atoms with Crippen molar-refractivity contribution >= 4 is 45.2 Å². The molecule has 0 bridgehead atoms. The molecule has 1 heterocycles. The van der Waals surface area contributed by atoms with Crippen LogP contribution in [0.25, 0.3) is 0 Å². The van der Waals surface area contributed by atoms with E-state index in [9.17, 15) is 4.79 Å². The molecule has 0 saturated carbocycles. The number of aryl methyl sites for hydroxylation is 1. The third kappa shape index (κ3) is 3.05. The molecular formula is C13H11I2NO2. The lowest BCUT2D eigenvalue weighted by Crippen LogP contribution is -2.20. The average molecular weight is 467 g/mol. The Hall–Kier alpha value is -0.570. The van der Waals surface area contributed by atoms with E-state index in [0.717, 1.165) is 9.13 Å². The van der Waals surface area contributed by atoms with Crippen LogP contribution < -0.4 is 10.3 Å². The Balaban J connectivity index is 2.25. The van der Waals surface area contributed by atoms with E-state index in [4.69, 9.17) is 4.74 Å². The third-order valence-corrected chi connectivity index (χ3v) is 4.18. The Morgan fingerprint density at radius 1 is 1.22 bits per heavy atom. The SMILES string of the molecule is Cn1cc(I)c(OCc2ccccc2)c(I)c1=O. The van der Waals surface area contributed by atoms with E-state index >= 15 is 0 Å². The molecule has 1 aromatic carbocycles. The maximum absolute atomic E-state index is 11.8.